The minimum Gasteiger partial charge on any atom is -0.459 e. The molecule has 3 rings (SSSR count). The average Bonchev–Trinajstić information content (AvgIpc) is 3.07. The minimum atomic E-state index is -4.51. The predicted octanol–water partition coefficient (Wildman–Crippen LogP) is 2.81. The van der Waals surface area contributed by atoms with Crippen LogP contribution in [0.2, 0.25) is 0 Å². The molecule has 306 valence electrons. The summed E-state index contributed by atoms with van der Waals surface area (Å²) in [6, 6.07) is 3.54. The number of carbonyl (C=O) groups is 1. The van der Waals surface area contributed by atoms with Gasteiger partial charge in [-0.15, -0.1) is 0 Å². The number of esters is 1. The number of hydrogen-bond donors (Lipinski definition) is 7. The lowest BCUT2D eigenvalue weighted by Crippen LogP contribution is -2.64. The number of alkyl halides is 3. The third-order valence-electron chi connectivity index (χ3n) is 11.4. The number of benzene rings is 1. The van der Waals surface area contributed by atoms with Crippen LogP contribution >= 0.6 is 0 Å². The number of rotatable bonds is 8. The van der Waals surface area contributed by atoms with Crippen molar-refractivity contribution in [1.29, 1.82) is 0 Å². The first kappa shape index (κ1) is 45.5. The Morgan fingerprint density at radius 2 is 1.64 bits per heavy atom. The van der Waals surface area contributed by atoms with Crippen LogP contribution in [0, 0.1) is 17.8 Å². The fourth-order valence-corrected chi connectivity index (χ4v) is 7.94. The van der Waals surface area contributed by atoms with E-state index in [-0.39, 0.29) is 44.0 Å². The van der Waals surface area contributed by atoms with Crippen LogP contribution in [0.25, 0.3) is 0 Å². The zero-order chi connectivity index (χ0) is 40.3. The highest BCUT2D eigenvalue weighted by Crippen LogP contribution is 2.40. The van der Waals surface area contributed by atoms with Gasteiger partial charge < -0.3 is 55.3 Å². The second-order valence-electron chi connectivity index (χ2n) is 16.3. The van der Waals surface area contributed by atoms with Crippen LogP contribution in [-0.4, -0.2) is 129 Å². The van der Waals surface area contributed by atoms with Crippen molar-refractivity contribution in [1.82, 2.24) is 15.5 Å². The molecule has 1 aromatic rings. The molecule has 0 amide bonds. The van der Waals surface area contributed by atoms with E-state index in [4.69, 9.17) is 14.2 Å². The van der Waals surface area contributed by atoms with Gasteiger partial charge in [0.25, 0.3) is 0 Å². The summed E-state index contributed by atoms with van der Waals surface area (Å²) in [5.74, 6) is -3.57. The Morgan fingerprint density at radius 1 is 1.04 bits per heavy atom. The molecule has 2 aliphatic rings. The van der Waals surface area contributed by atoms with Crippen molar-refractivity contribution in [2.24, 2.45) is 17.8 Å². The van der Waals surface area contributed by atoms with E-state index in [0.717, 1.165) is 12.1 Å². The summed E-state index contributed by atoms with van der Waals surface area (Å²) in [4.78, 5) is 15.9. The number of carbonyl (C=O) groups excluding carboxylic acids is 1. The van der Waals surface area contributed by atoms with E-state index in [1.54, 1.807) is 27.7 Å². The molecule has 0 bridgehead atoms. The summed E-state index contributed by atoms with van der Waals surface area (Å²) >= 11 is 0. The Balaban J connectivity index is 2.12. The molecule has 14 atom stereocenters. The van der Waals surface area contributed by atoms with Crippen molar-refractivity contribution >= 4 is 5.97 Å². The highest BCUT2D eigenvalue weighted by Gasteiger charge is 2.54. The summed E-state index contributed by atoms with van der Waals surface area (Å²) < 4.78 is 58.1. The number of halogens is 3. The Bertz CT molecular complexity index is 1320. The highest BCUT2D eigenvalue weighted by molar-refractivity contribution is 5.74. The molecule has 2 heterocycles. The first-order chi connectivity index (χ1) is 24.4. The van der Waals surface area contributed by atoms with Gasteiger partial charge in [0.1, 0.15) is 23.9 Å². The number of aliphatic hydroxyl groups excluding tert-OH is 2. The van der Waals surface area contributed by atoms with E-state index in [1.807, 2.05) is 32.8 Å². The number of cyclic esters (lactones) is 1. The molecule has 2 aliphatic heterocycles. The zero-order valence-corrected chi connectivity index (χ0v) is 32.9. The smallest absolute Gasteiger partial charge is 0.416 e. The molecule has 12 nitrogen and oxygen atoms in total. The molecule has 15 heteroatoms. The van der Waals surface area contributed by atoms with Crippen molar-refractivity contribution in [2.75, 3.05) is 27.2 Å². The molecule has 7 N–H and O–H groups in total. The van der Waals surface area contributed by atoms with Gasteiger partial charge in [-0.1, -0.05) is 32.9 Å². The summed E-state index contributed by atoms with van der Waals surface area (Å²) in [5.41, 5.74) is -5.99. The number of hydrogen-bond acceptors (Lipinski definition) is 12. The van der Waals surface area contributed by atoms with E-state index in [1.165, 1.54) is 26.0 Å². The summed E-state index contributed by atoms with van der Waals surface area (Å²) in [7, 11) is 3.65. The second-order valence-corrected chi connectivity index (χ2v) is 16.3. The van der Waals surface area contributed by atoms with Crippen LogP contribution in [0.15, 0.2) is 24.3 Å². The van der Waals surface area contributed by atoms with Crippen LogP contribution in [0.1, 0.15) is 85.8 Å². The van der Waals surface area contributed by atoms with Crippen LogP contribution in [0.3, 0.4) is 0 Å². The van der Waals surface area contributed by atoms with Crippen LogP contribution < -0.4 is 10.6 Å². The molecule has 53 heavy (non-hydrogen) atoms. The highest BCUT2D eigenvalue weighted by atomic mass is 19.4. The molecular weight excluding hydrogens is 699 g/mol. The van der Waals surface area contributed by atoms with Crippen molar-refractivity contribution in [2.45, 2.75) is 153 Å². The third-order valence-corrected chi connectivity index (χ3v) is 11.4. The number of aliphatic hydroxyl groups is 5. The lowest BCUT2D eigenvalue weighted by atomic mass is 9.70. The van der Waals surface area contributed by atoms with Gasteiger partial charge in [0.15, 0.2) is 6.29 Å². The summed E-state index contributed by atoms with van der Waals surface area (Å²) in [5, 5.41) is 65.6. The lowest BCUT2D eigenvalue weighted by molar-refractivity contribution is -0.304. The van der Waals surface area contributed by atoms with Crippen molar-refractivity contribution in [3.63, 3.8) is 0 Å². The maximum Gasteiger partial charge on any atom is 0.416 e. The summed E-state index contributed by atoms with van der Waals surface area (Å²) in [6.45, 7) is 13.1. The topological polar surface area (TPSA) is 173 Å². The second kappa shape index (κ2) is 17.9. The van der Waals surface area contributed by atoms with E-state index in [2.05, 4.69) is 10.6 Å². The van der Waals surface area contributed by atoms with Gasteiger partial charge >= 0.3 is 12.1 Å². The van der Waals surface area contributed by atoms with E-state index < -0.39 is 83.1 Å². The Morgan fingerprint density at radius 3 is 2.19 bits per heavy atom. The van der Waals surface area contributed by atoms with Crippen LogP contribution in [0.5, 0.6) is 0 Å². The first-order valence-electron chi connectivity index (χ1n) is 18.7. The van der Waals surface area contributed by atoms with Gasteiger partial charge in [-0.25, -0.2) is 0 Å². The fraction of sp³-hybridized carbons (Fsp3) is 0.816. The van der Waals surface area contributed by atoms with Gasteiger partial charge in [0.05, 0.1) is 34.9 Å². The molecule has 0 aromatic heterocycles. The fourth-order valence-electron chi connectivity index (χ4n) is 7.94. The average molecular weight is 764 g/mol. The Hall–Kier alpha value is -1.92. The molecule has 1 unspecified atom stereocenters. The van der Waals surface area contributed by atoms with Crippen molar-refractivity contribution in [3.05, 3.63) is 35.4 Å². The maximum absolute atomic E-state index is 14.0. The lowest BCUT2D eigenvalue weighted by Gasteiger charge is -2.49. The normalized spacial score (nSPS) is 41.4. The van der Waals surface area contributed by atoms with Gasteiger partial charge in [-0.2, -0.15) is 13.2 Å². The molecule has 1 aromatic carbocycles. The number of ether oxygens (including phenoxy) is 3. The molecule has 0 saturated carbocycles. The maximum atomic E-state index is 14.0. The summed E-state index contributed by atoms with van der Waals surface area (Å²) in [6.07, 6.45) is -10.2. The number of nitrogens with zero attached hydrogens (tertiary/aromatic N) is 1. The molecule has 0 aliphatic carbocycles. The number of nitrogens with one attached hydrogen (secondary N) is 2. The minimum absolute atomic E-state index is 0.0163. The molecule has 0 radical (unpaired) electrons. The zero-order valence-electron chi connectivity index (χ0n) is 32.9. The van der Waals surface area contributed by atoms with Crippen LogP contribution in [-0.2, 0) is 31.7 Å². The molecule has 2 fully saturated rings. The predicted molar refractivity (Wildman–Crippen MR) is 192 cm³/mol. The van der Waals surface area contributed by atoms with Crippen molar-refractivity contribution in [3.8, 4) is 0 Å². The van der Waals surface area contributed by atoms with Crippen molar-refractivity contribution < 1.29 is 57.7 Å². The van der Waals surface area contributed by atoms with Gasteiger partial charge in [0, 0.05) is 31.1 Å². The molecular formula is C38H64F3N3O9. The monoisotopic (exact) mass is 763 g/mol. The van der Waals surface area contributed by atoms with Crippen LogP contribution in [0.4, 0.5) is 13.2 Å². The van der Waals surface area contributed by atoms with Gasteiger partial charge in [-0.3, -0.25) is 4.79 Å². The SMILES string of the molecule is CC[C@H]1OC(=O)C(C)[C@@](O)(CNCc2ccc(C(F)(F)F)cc2)[C@H](C)[C@@H](O[C@@H]2O[C@H](C)C[C@H](N(C)C)[C@H]2O)[C@@](C)(O)C[C@@H](C)CN[C@H](C)[C@@H](O)[C@]1(C)O. The largest absolute Gasteiger partial charge is 0.459 e. The van der Waals surface area contributed by atoms with Gasteiger partial charge in [0.2, 0.25) is 0 Å². The molecule has 0 spiro atoms. The van der Waals surface area contributed by atoms with E-state index in [0.29, 0.717) is 18.5 Å². The van der Waals surface area contributed by atoms with E-state index in [9.17, 15) is 43.5 Å². The van der Waals surface area contributed by atoms with E-state index >= 15 is 0 Å². The first-order valence-corrected chi connectivity index (χ1v) is 18.7. The standard InChI is InChI=1S/C38H64F3N3O9/c1-11-29-36(8,49)31(46)25(6)43-18-21(2)17-35(7,48)32(53-34-30(45)28(44(9)10)16-22(3)51-34)23(4)37(50,24(5)33(47)52-29)20-42-19-26-12-14-27(15-13-26)38(39,40)41/h12-15,21-25,28-32,34,42-43,45-46,48-50H,11,16-20H2,1-10H3/t21-,22-,23-,24?,25-,28+,29-,30-,31-,32-,34+,35+,36-,37-/m1/s1. The molecule has 2 saturated heterocycles. The van der Waals surface area contributed by atoms with Gasteiger partial charge in [-0.05, 0) is 98.1 Å². The quantitative estimate of drug-likeness (QED) is 0.194. The third kappa shape index (κ3) is 10.9. The number of likely N-dealkylation sites (N-methyl/N-ethyl adjacent to an activating group) is 1. The Labute approximate surface area is 312 Å². The Kier molecular flexibility index (Phi) is 15.4.